The largest absolute Gasteiger partial charge is 0.481 e. The molecule has 9 nitrogen and oxygen atoms in total. The molecule has 2 rings (SSSR count). The Morgan fingerprint density at radius 3 is 2.25 bits per heavy atom. The molecule has 1 aromatic heterocycles. The minimum Gasteiger partial charge on any atom is -0.481 e. The number of carboxylic acids is 1. The Morgan fingerprint density at radius 2 is 1.71 bits per heavy atom. The molecule has 0 aliphatic heterocycles. The molecule has 0 radical (unpaired) electrons. The first kappa shape index (κ1) is 20.9. The van der Waals surface area contributed by atoms with E-state index in [1.807, 2.05) is 13.8 Å². The fraction of sp³-hybridized carbons (Fsp3) is 0.368. The van der Waals surface area contributed by atoms with E-state index in [0.29, 0.717) is 6.42 Å². The first-order valence-corrected chi connectivity index (χ1v) is 8.61. The molecule has 1 aromatic carbocycles. The molecule has 0 saturated carbocycles. The van der Waals surface area contributed by atoms with Gasteiger partial charge >= 0.3 is 12.0 Å². The Morgan fingerprint density at radius 1 is 1.11 bits per heavy atom. The molecule has 1 unspecified atom stereocenters. The summed E-state index contributed by atoms with van der Waals surface area (Å²) in [7, 11) is 2.88. The lowest BCUT2D eigenvalue weighted by atomic mass is 10.0. The zero-order chi connectivity index (χ0) is 20.7. The molecule has 9 heteroatoms. The molecule has 0 aliphatic rings. The number of carbonyl (C=O) groups is 2. The number of aliphatic carboxylic acids is 1. The van der Waals surface area contributed by atoms with E-state index in [-0.39, 0.29) is 35.0 Å². The van der Waals surface area contributed by atoms with E-state index in [1.54, 1.807) is 18.2 Å². The van der Waals surface area contributed by atoms with E-state index in [0.717, 1.165) is 0 Å². The summed E-state index contributed by atoms with van der Waals surface area (Å²) in [4.78, 5) is 32.2. The number of hydrogen-bond acceptors (Lipinski definition) is 7. The van der Waals surface area contributed by atoms with E-state index in [1.165, 1.54) is 26.4 Å². The molecule has 0 fully saturated rings. The molecule has 0 spiro atoms. The number of amides is 1. The van der Waals surface area contributed by atoms with E-state index >= 15 is 0 Å². The van der Waals surface area contributed by atoms with Crippen LogP contribution in [0.5, 0.6) is 23.5 Å². The average Bonchev–Trinajstić information content (AvgIpc) is 2.67. The van der Waals surface area contributed by atoms with Crippen molar-refractivity contribution in [3.8, 4) is 23.5 Å². The number of benzene rings is 1. The molecule has 2 aromatic rings. The summed E-state index contributed by atoms with van der Waals surface area (Å²) in [5.41, 5.74) is 0.155. The number of carbonyl (C=O) groups excluding carboxylic acids is 1. The van der Waals surface area contributed by atoms with Gasteiger partial charge in [-0.25, -0.2) is 4.79 Å². The molecule has 0 aliphatic carbocycles. The number of ether oxygens (including phenoxy) is 3. The smallest absolute Gasteiger partial charge is 0.328 e. The van der Waals surface area contributed by atoms with Crippen molar-refractivity contribution in [1.29, 1.82) is 0 Å². The maximum atomic E-state index is 12.7. The summed E-state index contributed by atoms with van der Waals surface area (Å²) >= 11 is 0. The van der Waals surface area contributed by atoms with Crippen LogP contribution in [0.1, 0.15) is 30.6 Å². The van der Waals surface area contributed by atoms with Crippen molar-refractivity contribution < 1.29 is 28.9 Å². The number of hydrogen-bond donors (Lipinski definition) is 2. The Labute approximate surface area is 162 Å². The van der Waals surface area contributed by atoms with Gasteiger partial charge in [-0.05, 0) is 24.5 Å². The van der Waals surface area contributed by atoms with E-state index in [2.05, 4.69) is 15.3 Å². The number of nitrogens with zero attached hydrogens (tertiary/aromatic N) is 2. The van der Waals surface area contributed by atoms with Crippen LogP contribution in [-0.2, 0) is 4.79 Å². The first-order valence-electron chi connectivity index (χ1n) is 8.61. The number of para-hydroxylation sites is 1. The summed E-state index contributed by atoms with van der Waals surface area (Å²) < 4.78 is 15.8. The highest BCUT2D eigenvalue weighted by Crippen LogP contribution is 2.26. The van der Waals surface area contributed by atoms with E-state index in [4.69, 9.17) is 14.2 Å². The Kier molecular flexibility index (Phi) is 7.14. The van der Waals surface area contributed by atoms with Crippen molar-refractivity contribution in [3.05, 3.63) is 35.9 Å². The van der Waals surface area contributed by atoms with Crippen LogP contribution in [0.25, 0.3) is 0 Å². The Bertz CT molecular complexity index is 818. The summed E-state index contributed by atoms with van der Waals surface area (Å²) in [6.45, 7) is 3.76. The van der Waals surface area contributed by atoms with Crippen molar-refractivity contribution in [2.75, 3.05) is 14.2 Å². The molecular formula is C19H23N3O6. The van der Waals surface area contributed by atoms with Crippen molar-refractivity contribution in [3.63, 3.8) is 0 Å². The van der Waals surface area contributed by atoms with Gasteiger partial charge in [-0.1, -0.05) is 26.0 Å². The normalized spacial score (nSPS) is 11.6. The predicted octanol–water partition coefficient (Wildman–Crippen LogP) is 2.52. The second-order valence-electron chi connectivity index (χ2n) is 6.33. The molecule has 1 heterocycles. The maximum Gasteiger partial charge on any atom is 0.328 e. The number of carboxylic acid groups (broad SMARTS) is 1. The topological polar surface area (TPSA) is 120 Å². The highest BCUT2D eigenvalue weighted by atomic mass is 16.5. The number of methoxy groups -OCH3 is 2. The molecule has 28 heavy (non-hydrogen) atoms. The number of nitrogens with one attached hydrogen (secondary N) is 1. The quantitative estimate of drug-likeness (QED) is 0.671. The van der Waals surface area contributed by atoms with Gasteiger partial charge in [0.2, 0.25) is 11.8 Å². The second-order valence-corrected chi connectivity index (χ2v) is 6.33. The van der Waals surface area contributed by atoms with Crippen LogP contribution in [0.4, 0.5) is 0 Å². The summed E-state index contributed by atoms with van der Waals surface area (Å²) in [6, 6.07) is 6.80. The van der Waals surface area contributed by atoms with E-state index in [9.17, 15) is 14.7 Å². The van der Waals surface area contributed by atoms with Gasteiger partial charge in [-0.2, -0.15) is 9.97 Å². The molecule has 150 valence electrons. The SMILES string of the molecule is COc1cc(OC)nc(Oc2ccccc2C(=O)NC(CC(C)C)C(=O)O)n1. The lowest BCUT2D eigenvalue weighted by Crippen LogP contribution is -2.41. The first-order chi connectivity index (χ1) is 13.3. The van der Waals surface area contributed by atoms with Crippen LogP contribution in [-0.4, -0.2) is 47.2 Å². The van der Waals surface area contributed by atoms with Gasteiger partial charge in [0.1, 0.15) is 11.8 Å². The van der Waals surface area contributed by atoms with Crippen molar-refractivity contribution in [2.45, 2.75) is 26.3 Å². The molecule has 1 amide bonds. The Balaban J connectivity index is 2.27. The van der Waals surface area contributed by atoms with Crippen LogP contribution in [0.15, 0.2) is 30.3 Å². The van der Waals surface area contributed by atoms with Gasteiger partial charge < -0.3 is 24.6 Å². The van der Waals surface area contributed by atoms with Gasteiger partial charge in [-0.15, -0.1) is 0 Å². The fourth-order valence-corrected chi connectivity index (χ4v) is 2.41. The van der Waals surface area contributed by atoms with Gasteiger partial charge in [0, 0.05) is 0 Å². The molecule has 0 bridgehead atoms. The monoisotopic (exact) mass is 389 g/mol. The maximum absolute atomic E-state index is 12.7. The zero-order valence-electron chi connectivity index (χ0n) is 16.1. The third-order valence-electron chi connectivity index (χ3n) is 3.72. The van der Waals surface area contributed by atoms with Crippen LogP contribution >= 0.6 is 0 Å². The summed E-state index contributed by atoms with van der Waals surface area (Å²) in [5, 5.41) is 11.9. The van der Waals surface area contributed by atoms with E-state index < -0.39 is 17.9 Å². The third-order valence-corrected chi connectivity index (χ3v) is 3.72. The molecular weight excluding hydrogens is 366 g/mol. The van der Waals surface area contributed by atoms with Gasteiger partial charge in [-0.3, -0.25) is 4.79 Å². The van der Waals surface area contributed by atoms with Crippen LogP contribution in [0.2, 0.25) is 0 Å². The van der Waals surface area contributed by atoms with Gasteiger partial charge in [0.15, 0.2) is 0 Å². The van der Waals surface area contributed by atoms with Crippen LogP contribution in [0, 0.1) is 5.92 Å². The van der Waals surface area contributed by atoms with Crippen LogP contribution in [0.3, 0.4) is 0 Å². The van der Waals surface area contributed by atoms with Crippen LogP contribution < -0.4 is 19.5 Å². The highest BCUT2D eigenvalue weighted by Gasteiger charge is 2.23. The predicted molar refractivity (Wildman–Crippen MR) is 100.0 cm³/mol. The minimum atomic E-state index is -1.10. The molecule has 1 atom stereocenters. The third kappa shape index (κ3) is 5.57. The summed E-state index contributed by atoms with van der Waals surface area (Å²) in [5.74, 6) is -0.937. The average molecular weight is 389 g/mol. The van der Waals surface area contributed by atoms with Crippen molar-refractivity contribution in [2.24, 2.45) is 5.92 Å². The van der Waals surface area contributed by atoms with Gasteiger partial charge in [0.05, 0.1) is 25.8 Å². The highest BCUT2D eigenvalue weighted by molar-refractivity contribution is 5.99. The number of aromatic nitrogens is 2. The minimum absolute atomic E-state index is 0.0755. The standard InChI is InChI=1S/C19H23N3O6/c1-11(2)9-13(18(24)25)20-17(23)12-7-5-6-8-14(12)28-19-21-15(26-3)10-16(22-19)27-4/h5-8,10-11,13H,9H2,1-4H3,(H,20,23)(H,24,25). The molecule has 0 saturated heterocycles. The molecule has 2 N–H and O–H groups in total. The summed E-state index contributed by atoms with van der Waals surface area (Å²) in [6.07, 6.45) is 0.306. The zero-order valence-corrected chi connectivity index (χ0v) is 16.1. The van der Waals surface area contributed by atoms with Crippen molar-refractivity contribution >= 4 is 11.9 Å². The lowest BCUT2D eigenvalue weighted by molar-refractivity contribution is -0.139. The Hall–Kier alpha value is -3.36. The fourth-order valence-electron chi connectivity index (χ4n) is 2.41. The second kappa shape index (κ2) is 9.54. The lowest BCUT2D eigenvalue weighted by Gasteiger charge is -2.17. The van der Waals surface area contributed by atoms with Crippen molar-refractivity contribution in [1.82, 2.24) is 15.3 Å². The number of rotatable bonds is 9. The van der Waals surface area contributed by atoms with Gasteiger partial charge in [0.25, 0.3) is 5.91 Å².